The van der Waals surface area contributed by atoms with Crippen LogP contribution in [0.25, 0.3) is 11.4 Å². The van der Waals surface area contributed by atoms with Gasteiger partial charge in [-0.15, -0.1) is 0 Å². The van der Waals surface area contributed by atoms with Crippen LogP contribution in [0.2, 0.25) is 0 Å². The lowest BCUT2D eigenvalue weighted by Crippen LogP contribution is -2.40. The first-order chi connectivity index (χ1) is 15.6. The number of carbonyl (C=O) groups excluding carboxylic acids is 1. The third kappa shape index (κ3) is 4.09. The maximum atomic E-state index is 13.3. The van der Waals surface area contributed by atoms with Gasteiger partial charge in [-0.25, -0.2) is 14.4 Å². The Balaban J connectivity index is 1.50. The van der Waals surface area contributed by atoms with Crippen molar-refractivity contribution in [2.75, 3.05) is 24.5 Å². The molecule has 2 aliphatic rings. The van der Waals surface area contributed by atoms with E-state index in [0.717, 1.165) is 54.4 Å². The van der Waals surface area contributed by atoms with E-state index in [1.165, 1.54) is 12.1 Å². The highest BCUT2D eigenvalue weighted by atomic mass is 19.1. The molecule has 0 atom stereocenters. The fraction of sp³-hybridized carbons (Fsp3) is 0.346. The summed E-state index contributed by atoms with van der Waals surface area (Å²) in [6.07, 6.45) is 2.96. The molecule has 0 spiro atoms. The van der Waals surface area contributed by atoms with Crippen LogP contribution >= 0.6 is 0 Å². The summed E-state index contributed by atoms with van der Waals surface area (Å²) in [6, 6.07) is 15.8. The van der Waals surface area contributed by atoms with Crippen LogP contribution in [-0.2, 0) is 13.0 Å². The van der Waals surface area contributed by atoms with Crippen molar-refractivity contribution in [2.45, 2.75) is 32.7 Å². The summed E-state index contributed by atoms with van der Waals surface area (Å²) >= 11 is 0. The van der Waals surface area contributed by atoms with E-state index in [4.69, 9.17) is 9.97 Å². The third-order valence-corrected chi connectivity index (χ3v) is 6.53. The van der Waals surface area contributed by atoms with Crippen LogP contribution in [0.15, 0.2) is 54.6 Å². The van der Waals surface area contributed by atoms with Crippen LogP contribution < -0.4 is 4.90 Å². The molecule has 1 amide bonds. The molecule has 1 fully saturated rings. The van der Waals surface area contributed by atoms with Gasteiger partial charge in [-0.1, -0.05) is 37.3 Å². The highest BCUT2D eigenvalue weighted by Gasteiger charge is 2.29. The van der Waals surface area contributed by atoms with Crippen molar-refractivity contribution in [2.24, 2.45) is 5.92 Å². The molecule has 0 saturated carbocycles. The van der Waals surface area contributed by atoms with Gasteiger partial charge in [-0.3, -0.25) is 4.79 Å². The molecule has 2 aliphatic heterocycles. The highest BCUT2D eigenvalue weighted by Crippen LogP contribution is 2.32. The van der Waals surface area contributed by atoms with E-state index in [-0.39, 0.29) is 11.7 Å². The molecule has 164 valence electrons. The molecule has 1 saturated heterocycles. The summed E-state index contributed by atoms with van der Waals surface area (Å²) in [4.78, 5) is 27.2. The molecule has 0 bridgehead atoms. The Morgan fingerprint density at radius 1 is 0.969 bits per heavy atom. The van der Waals surface area contributed by atoms with Crippen LogP contribution in [-0.4, -0.2) is 40.4 Å². The molecule has 0 unspecified atom stereocenters. The molecule has 0 aliphatic carbocycles. The number of aromatic nitrogens is 2. The van der Waals surface area contributed by atoms with Crippen molar-refractivity contribution in [1.82, 2.24) is 14.9 Å². The SMILES string of the molecule is CC1CCN(c2nc(-c3ccccc3)nc3c2CN(C(=O)c2ccc(F)cc2)CC3)CC1. The minimum absolute atomic E-state index is 0.0824. The summed E-state index contributed by atoms with van der Waals surface area (Å²) in [5.74, 6) is 2.00. The molecular weight excluding hydrogens is 403 g/mol. The molecule has 1 aromatic heterocycles. The van der Waals surface area contributed by atoms with Crippen LogP contribution in [0.1, 0.15) is 41.4 Å². The Bertz CT molecular complexity index is 1110. The van der Waals surface area contributed by atoms with Crippen molar-refractivity contribution >= 4 is 11.7 Å². The number of anilines is 1. The van der Waals surface area contributed by atoms with Crippen molar-refractivity contribution in [3.05, 3.63) is 77.2 Å². The Morgan fingerprint density at radius 2 is 1.69 bits per heavy atom. The van der Waals surface area contributed by atoms with Crippen LogP contribution in [0.5, 0.6) is 0 Å². The topological polar surface area (TPSA) is 49.3 Å². The molecule has 5 rings (SSSR count). The number of hydrogen-bond acceptors (Lipinski definition) is 4. The number of carbonyl (C=O) groups is 1. The number of benzene rings is 2. The number of hydrogen-bond donors (Lipinski definition) is 0. The van der Waals surface area contributed by atoms with Crippen LogP contribution in [0, 0.1) is 11.7 Å². The first-order valence-corrected chi connectivity index (χ1v) is 11.3. The molecular formula is C26H27FN4O. The molecule has 3 heterocycles. The van der Waals surface area contributed by atoms with E-state index >= 15 is 0 Å². The second kappa shape index (κ2) is 8.69. The molecule has 32 heavy (non-hydrogen) atoms. The van der Waals surface area contributed by atoms with Crippen LogP contribution in [0.3, 0.4) is 0 Å². The second-order valence-corrected chi connectivity index (χ2v) is 8.82. The van der Waals surface area contributed by atoms with Gasteiger partial charge in [0.1, 0.15) is 11.6 Å². The number of nitrogens with zero attached hydrogens (tertiary/aromatic N) is 4. The van der Waals surface area contributed by atoms with Gasteiger partial charge in [-0.2, -0.15) is 0 Å². The number of fused-ring (bicyclic) bond motifs is 1. The molecule has 6 heteroatoms. The van der Waals surface area contributed by atoms with E-state index in [9.17, 15) is 9.18 Å². The zero-order chi connectivity index (χ0) is 22.1. The average Bonchev–Trinajstić information content (AvgIpc) is 2.84. The van der Waals surface area contributed by atoms with Gasteiger partial charge in [0.05, 0.1) is 12.2 Å². The van der Waals surface area contributed by atoms with Gasteiger partial charge < -0.3 is 9.80 Å². The normalized spacial score (nSPS) is 16.7. The Kier molecular flexibility index (Phi) is 5.60. The van der Waals surface area contributed by atoms with Crippen LogP contribution in [0.4, 0.5) is 10.2 Å². The lowest BCUT2D eigenvalue weighted by atomic mass is 9.97. The average molecular weight is 431 g/mol. The number of amides is 1. The van der Waals surface area contributed by atoms with E-state index in [1.54, 1.807) is 12.1 Å². The summed E-state index contributed by atoms with van der Waals surface area (Å²) < 4.78 is 13.3. The van der Waals surface area contributed by atoms with E-state index in [2.05, 4.69) is 11.8 Å². The molecule has 0 N–H and O–H groups in total. The van der Waals surface area contributed by atoms with Gasteiger partial charge in [0.15, 0.2) is 5.82 Å². The summed E-state index contributed by atoms with van der Waals surface area (Å²) in [6.45, 7) is 5.29. The van der Waals surface area contributed by atoms with E-state index < -0.39 is 0 Å². The molecule has 3 aromatic rings. The Morgan fingerprint density at radius 3 is 2.41 bits per heavy atom. The van der Waals surface area contributed by atoms with E-state index in [0.29, 0.717) is 31.0 Å². The number of piperidine rings is 1. The quantitative estimate of drug-likeness (QED) is 0.603. The highest BCUT2D eigenvalue weighted by molar-refractivity contribution is 5.94. The lowest BCUT2D eigenvalue weighted by molar-refractivity contribution is 0.0733. The lowest BCUT2D eigenvalue weighted by Gasteiger charge is -2.36. The fourth-order valence-electron chi connectivity index (χ4n) is 4.54. The maximum absolute atomic E-state index is 13.3. The minimum atomic E-state index is -0.339. The van der Waals surface area contributed by atoms with Crippen molar-refractivity contribution in [3.63, 3.8) is 0 Å². The van der Waals surface area contributed by atoms with Crippen molar-refractivity contribution in [1.29, 1.82) is 0 Å². The summed E-state index contributed by atoms with van der Waals surface area (Å²) in [5.41, 5.74) is 3.58. The van der Waals surface area contributed by atoms with Gasteiger partial charge >= 0.3 is 0 Å². The molecule has 0 radical (unpaired) electrons. The smallest absolute Gasteiger partial charge is 0.254 e. The fourth-order valence-corrected chi connectivity index (χ4v) is 4.54. The van der Waals surface area contributed by atoms with Crippen molar-refractivity contribution < 1.29 is 9.18 Å². The minimum Gasteiger partial charge on any atom is -0.356 e. The number of halogens is 1. The first-order valence-electron chi connectivity index (χ1n) is 11.3. The van der Waals surface area contributed by atoms with Gasteiger partial charge in [0.2, 0.25) is 0 Å². The summed E-state index contributed by atoms with van der Waals surface area (Å²) in [5, 5.41) is 0. The van der Waals surface area contributed by atoms with Crippen molar-refractivity contribution in [3.8, 4) is 11.4 Å². The zero-order valence-corrected chi connectivity index (χ0v) is 18.3. The predicted molar refractivity (Wildman–Crippen MR) is 123 cm³/mol. The third-order valence-electron chi connectivity index (χ3n) is 6.53. The predicted octanol–water partition coefficient (Wildman–Crippen LogP) is 4.72. The molecule has 2 aromatic carbocycles. The molecule has 5 nitrogen and oxygen atoms in total. The maximum Gasteiger partial charge on any atom is 0.254 e. The number of rotatable bonds is 3. The van der Waals surface area contributed by atoms with Gasteiger partial charge in [0, 0.05) is 42.7 Å². The van der Waals surface area contributed by atoms with E-state index in [1.807, 2.05) is 35.2 Å². The Labute approximate surface area is 187 Å². The van der Waals surface area contributed by atoms with Gasteiger partial charge in [0.25, 0.3) is 5.91 Å². The second-order valence-electron chi connectivity index (χ2n) is 8.82. The monoisotopic (exact) mass is 430 g/mol. The standard InChI is InChI=1S/C26H27FN4O/c1-18-11-14-30(15-12-18)25-22-17-31(26(32)20-7-9-21(27)10-8-20)16-13-23(22)28-24(29-25)19-5-3-2-4-6-19/h2-10,18H,11-17H2,1H3. The first kappa shape index (κ1) is 20.6. The zero-order valence-electron chi connectivity index (χ0n) is 18.3. The van der Waals surface area contributed by atoms with Gasteiger partial charge in [-0.05, 0) is 43.0 Å². The summed E-state index contributed by atoms with van der Waals surface area (Å²) in [7, 11) is 0. The Hall–Kier alpha value is -3.28. The largest absolute Gasteiger partial charge is 0.356 e.